The smallest absolute Gasteiger partial charge is 0.326 e. The number of hydrogen-bond donors (Lipinski definition) is 15. The number of hydrogen-bond acceptors (Lipinski definition) is 17. The third-order valence-corrected chi connectivity index (χ3v) is 15.0. The molecule has 1 aliphatic heterocycles. The number of thioether (sulfide) groups is 1. The van der Waals surface area contributed by atoms with Crippen LogP contribution in [0.3, 0.4) is 0 Å². The van der Waals surface area contributed by atoms with Crippen molar-refractivity contribution < 1.29 is 63.0 Å². The molecule has 0 saturated carbocycles. The molecule has 0 radical (unpaired) electrons. The van der Waals surface area contributed by atoms with Crippen LogP contribution in [0.1, 0.15) is 68.6 Å². The van der Waals surface area contributed by atoms with Crippen molar-refractivity contribution in [1.82, 2.24) is 47.4 Å². The summed E-state index contributed by atoms with van der Waals surface area (Å²) in [5, 5.41) is 40.2. The van der Waals surface area contributed by atoms with E-state index in [4.69, 9.17) is 17.2 Å². The van der Waals surface area contributed by atoms with Gasteiger partial charge in [0.25, 0.3) is 0 Å². The third kappa shape index (κ3) is 22.6. The molecule has 1 aliphatic rings. The summed E-state index contributed by atoms with van der Waals surface area (Å²) in [7, 11) is 0. The van der Waals surface area contributed by atoms with E-state index in [-0.39, 0.29) is 68.9 Å². The molecule has 28 heteroatoms. The standard InChI is InChI=1S/C56H78N12O13S3/c1-32(60-52(76)43(30-82)66-49(73)38(22-25-84-2)61-48(72)37(58)26-33-12-5-3-6-13-33)47(71)65-42(28-35-18-20-36(69)21-19-35)55(79)68-24-11-17-45(68)54(78)64-40(27-34-14-7-4-8-15-34)50(74)67-44(31-83)53(77)63-41(29-46(59)70)51(75)62-39(56(80)81)16-9-10-23-57/h3-8,12-15,18-21,32,37-45,69,82-83H,9-11,16-17,22-31,57-58H2,1-2H3,(H2,59,70)(H,60,76)(H,61,72)(H,62,75)(H,63,77)(H,64,78)(H,65,71)(H,66,73)(H,67,74)(H,80,81)/t32-,37-,38-,39-,40-,41-,42-,43-,44-,45-/m0/s1. The number of carbonyl (C=O) groups is 11. The van der Waals surface area contributed by atoms with Crippen LogP contribution in [0, 0.1) is 0 Å². The zero-order valence-corrected chi connectivity index (χ0v) is 49.4. The zero-order chi connectivity index (χ0) is 61.9. The molecule has 10 amide bonds. The van der Waals surface area contributed by atoms with Crippen LogP contribution >= 0.6 is 37.0 Å². The summed E-state index contributed by atoms with van der Waals surface area (Å²) >= 11 is 9.96. The summed E-state index contributed by atoms with van der Waals surface area (Å²) in [5.41, 5.74) is 19.0. The summed E-state index contributed by atoms with van der Waals surface area (Å²) in [6, 6.07) is 10.3. The number of phenolic OH excluding ortho intramolecular Hbond substituents is 1. The van der Waals surface area contributed by atoms with E-state index in [1.807, 2.05) is 36.6 Å². The van der Waals surface area contributed by atoms with Crippen molar-refractivity contribution in [2.24, 2.45) is 17.2 Å². The van der Waals surface area contributed by atoms with Crippen molar-refractivity contribution in [3.8, 4) is 5.75 Å². The van der Waals surface area contributed by atoms with Crippen LogP contribution in [-0.4, -0.2) is 177 Å². The first-order valence-electron chi connectivity index (χ1n) is 27.4. The maximum absolute atomic E-state index is 14.7. The van der Waals surface area contributed by atoms with Gasteiger partial charge in [-0.15, -0.1) is 0 Å². The summed E-state index contributed by atoms with van der Waals surface area (Å²) in [6.45, 7) is 1.68. The largest absolute Gasteiger partial charge is 0.508 e. The number of thiol groups is 2. The van der Waals surface area contributed by atoms with Gasteiger partial charge in [-0.1, -0.05) is 72.8 Å². The Morgan fingerprint density at radius 1 is 0.595 bits per heavy atom. The monoisotopic (exact) mass is 1220 g/mol. The molecule has 0 aromatic heterocycles. The fourth-order valence-corrected chi connectivity index (χ4v) is 9.94. The average molecular weight is 1220 g/mol. The minimum absolute atomic E-state index is 0.00451. The molecule has 0 unspecified atom stereocenters. The van der Waals surface area contributed by atoms with E-state index in [1.54, 1.807) is 30.3 Å². The predicted molar refractivity (Wildman–Crippen MR) is 321 cm³/mol. The Morgan fingerprint density at radius 3 is 1.64 bits per heavy atom. The predicted octanol–water partition coefficient (Wildman–Crippen LogP) is -1.66. The van der Waals surface area contributed by atoms with Gasteiger partial charge in [0, 0.05) is 30.9 Å². The van der Waals surface area contributed by atoms with Crippen LogP contribution < -0.4 is 59.7 Å². The van der Waals surface area contributed by atoms with Crippen LogP contribution in [-0.2, 0) is 72.0 Å². The van der Waals surface area contributed by atoms with Crippen LogP contribution in [0.2, 0.25) is 0 Å². The lowest BCUT2D eigenvalue weighted by atomic mass is 10.0. The first-order valence-corrected chi connectivity index (χ1v) is 30.0. The number of rotatable bonds is 35. The highest BCUT2D eigenvalue weighted by atomic mass is 32.2. The lowest BCUT2D eigenvalue weighted by Gasteiger charge is -2.31. The fourth-order valence-electron chi connectivity index (χ4n) is 8.96. The first kappa shape index (κ1) is 69.1. The number of phenols is 1. The number of primary amides is 1. The van der Waals surface area contributed by atoms with E-state index in [1.165, 1.54) is 47.9 Å². The molecule has 458 valence electrons. The normalized spacial score (nSPS) is 16.1. The molecule has 1 saturated heterocycles. The van der Waals surface area contributed by atoms with E-state index in [2.05, 4.69) is 67.8 Å². The van der Waals surface area contributed by atoms with E-state index in [9.17, 15) is 63.0 Å². The first-order chi connectivity index (χ1) is 40.1. The van der Waals surface area contributed by atoms with E-state index < -0.39 is 132 Å². The van der Waals surface area contributed by atoms with E-state index >= 15 is 0 Å². The number of carboxylic acids is 1. The quantitative estimate of drug-likeness (QED) is 0.0231. The Bertz CT molecular complexity index is 2720. The fraction of sp³-hybridized carbons (Fsp3) is 0.482. The number of unbranched alkanes of at least 4 members (excludes halogenated alkanes) is 1. The topological polar surface area (TPSA) is 406 Å². The lowest BCUT2D eigenvalue weighted by Crippen LogP contribution is -2.61. The van der Waals surface area contributed by atoms with Crippen molar-refractivity contribution in [3.63, 3.8) is 0 Å². The van der Waals surface area contributed by atoms with Gasteiger partial charge in [-0.3, -0.25) is 47.9 Å². The van der Waals surface area contributed by atoms with Gasteiger partial charge in [0.2, 0.25) is 59.1 Å². The van der Waals surface area contributed by atoms with Gasteiger partial charge in [-0.25, -0.2) is 4.79 Å². The SMILES string of the molecule is CSCC[C@H](NC(=O)[C@@H](N)Cc1ccccc1)C(=O)N[C@@H](CS)C(=O)N[C@@H](C)C(=O)N[C@@H](Cc1ccc(O)cc1)C(=O)N1CCC[C@H]1C(=O)N[C@@H](Cc1ccccc1)C(=O)N[C@@H](CS)C(=O)N[C@@H](CC(N)=O)C(=O)N[C@@H](CCCCN)C(=O)O. The highest BCUT2D eigenvalue weighted by molar-refractivity contribution is 7.98. The summed E-state index contributed by atoms with van der Waals surface area (Å²) in [5.74, 6) is -9.79. The van der Waals surface area contributed by atoms with Gasteiger partial charge >= 0.3 is 5.97 Å². The maximum atomic E-state index is 14.7. The Morgan fingerprint density at radius 2 is 1.08 bits per heavy atom. The van der Waals surface area contributed by atoms with Gasteiger partial charge in [-0.05, 0) is 99.2 Å². The summed E-state index contributed by atoms with van der Waals surface area (Å²) in [4.78, 5) is 150. The molecule has 0 bridgehead atoms. The number of aliphatic carboxylic acids is 1. The van der Waals surface area contributed by atoms with Gasteiger partial charge in [-0.2, -0.15) is 37.0 Å². The van der Waals surface area contributed by atoms with E-state index in [0.717, 1.165) is 5.56 Å². The van der Waals surface area contributed by atoms with Crippen LogP contribution in [0.25, 0.3) is 0 Å². The highest BCUT2D eigenvalue weighted by Crippen LogP contribution is 2.22. The number of aromatic hydroxyl groups is 1. The number of amides is 10. The highest BCUT2D eigenvalue weighted by Gasteiger charge is 2.40. The average Bonchev–Trinajstić information content (AvgIpc) is 4.07. The third-order valence-electron chi connectivity index (χ3n) is 13.6. The number of nitrogens with zero attached hydrogens (tertiary/aromatic N) is 1. The lowest BCUT2D eigenvalue weighted by molar-refractivity contribution is -0.143. The number of carbonyl (C=O) groups excluding carboxylic acids is 10. The minimum Gasteiger partial charge on any atom is -0.508 e. The maximum Gasteiger partial charge on any atom is 0.326 e. The van der Waals surface area contributed by atoms with Gasteiger partial charge in [0.05, 0.1) is 12.5 Å². The van der Waals surface area contributed by atoms with E-state index in [0.29, 0.717) is 36.1 Å². The molecule has 0 spiro atoms. The molecule has 84 heavy (non-hydrogen) atoms. The Balaban J connectivity index is 1.50. The molecule has 3 aromatic carbocycles. The van der Waals surface area contributed by atoms with Crippen LogP contribution in [0.15, 0.2) is 84.9 Å². The van der Waals surface area contributed by atoms with Crippen molar-refractivity contribution in [2.75, 3.05) is 36.6 Å². The molecule has 10 atom stereocenters. The second-order valence-electron chi connectivity index (χ2n) is 20.1. The molecule has 1 heterocycles. The molecule has 0 aliphatic carbocycles. The van der Waals surface area contributed by atoms with Gasteiger partial charge in [0.1, 0.15) is 60.1 Å². The summed E-state index contributed by atoms with van der Waals surface area (Å²) < 4.78 is 0. The second kappa shape index (κ2) is 35.7. The van der Waals surface area contributed by atoms with Gasteiger partial charge < -0.3 is 74.8 Å². The Kier molecular flexibility index (Phi) is 29.3. The van der Waals surface area contributed by atoms with Crippen LogP contribution in [0.5, 0.6) is 5.75 Å². The molecular formula is C56H78N12O13S3. The molecule has 4 rings (SSSR count). The number of benzene rings is 3. The number of likely N-dealkylation sites (tertiary alicyclic amines) is 1. The van der Waals surface area contributed by atoms with Crippen molar-refractivity contribution in [3.05, 3.63) is 102 Å². The molecule has 16 N–H and O–H groups in total. The molecule has 1 fully saturated rings. The van der Waals surface area contributed by atoms with Crippen molar-refractivity contribution in [2.45, 2.75) is 132 Å². The Labute approximate surface area is 502 Å². The van der Waals surface area contributed by atoms with Gasteiger partial charge in [0.15, 0.2) is 0 Å². The molecule has 3 aromatic rings. The minimum atomic E-state index is -1.65. The number of nitrogens with two attached hydrogens (primary N) is 3. The zero-order valence-electron chi connectivity index (χ0n) is 46.8. The number of nitrogens with one attached hydrogen (secondary N) is 8. The van der Waals surface area contributed by atoms with Crippen LogP contribution in [0.4, 0.5) is 0 Å². The second-order valence-corrected chi connectivity index (χ2v) is 21.9. The number of carboxylic acid groups (broad SMARTS) is 1. The molecular weight excluding hydrogens is 1140 g/mol. The van der Waals surface area contributed by atoms with Crippen molar-refractivity contribution >= 4 is 102 Å². The Hall–Kier alpha value is -7.40. The summed E-state index contributed by atoms with van der Waals surface area (Å²) in [6.07, 6.45) is 2.55. The van der Waals surface area contributed by atoms with Crippen molar-refractivity contribution in [1.29, 1.82) is 0 Å². The molecule has 25 nitrogen and oxygen atoms in total.